The smallest absolute Gasteiger partial charge is 0.224 e. The second kappa shape index (κ2) is 13.3. The molecule has 0 saturated carbocycles. The first-order valence-electron chi connectivity index (χ1n) is 8.54. The fourth-order valence-electron chi connectivity index (χ4n) is 2.29. The van der Waals surface area contributed by atoms with Crippen LogP contribution in [0.1, 0.15) is 38.3 Å². The number of amides is 1. The zero-order valence-electron chi connectivity index (χ0n) is 15.5. The Morgan fingerprint density at radius 2 is 1.96 bits per heavy atom. The summed E-state index contributed by atoms with van der Waals surface area (Å²) in [6, 6.07) is 6.19. The highest BCUT2D eigenvalue weighted by atomic mass is 127. The van der Waals surface area contributed by atoms with E-state index in [1.807, 2.05) is 26.8 Å². The maximum atomic E-state index is 13.8. The Morgan fingerprint density at radius 3 is 2.54 bits per heavy atom. The molecule has 6 nitrogen and oxygen atoms in total. The Bertz CT molecular complexity index is 641. The second-order valence-corrected chi connectivity index (χ2v) is 5.36. The molecule has 2 N–H and O–H groups in total. The van der Waals surface area contributed by atoms with Gasteiger partial charge in [0.25, 0.3) is 0 Å². The van der Waals surface area contributed by atoms with E-state index in [1.54, 1.807) is 4.90 Å². The lowest BCUT2D eigenvalue weighted by Crippen LogP contribution is -2.40. The SMILES string of the molecule is CCNC(=NCc1cc(C#N)ccc1F)NCCC(=O)N(CC)CC.I. The van der Waals surface area contributed by atoms with Gasteiger partial charge in [-0.05, 0) is 39.0 Å². The summed E-state index contributed by atoms with van der Waals surface area (Å²) in [7, 11) is 0. The minimum atomic E-state index is -0.393. The molecule has 0 heterocycles. The minimum Gasteiger partial charge on any atom is -0.357 e. The molecule has 1 aromatic rings. The van der Waals surface area contributed by atoms with Gasteiger partial charge in [0.15, 0.2) is 5.96 Å². The maximum Gasteiger partial charge on any atom is 0.224 e. The largest absolute Gasteiger partial charge is 0.357 e. The molecule has 8 heteroatoms. The van der Waals surface area contributed by atoms with Crippen molar-refractivity contribution in [3.8, 4) is 6.07 Å². The van der Waals surface area contributed by atoms with Gasteiger partial charge in [-0.3, -0.25) is 4.79 Å². The van der Waals surface area contributed by atoms with Gasteiger partial charge in [-0.1, -0.05) is 0 Å². The van der Waals surface area contributed by atoms with Crippen LogP contribution in [0.2, 0.25) is 0 Å². The number of halogens is 2. The van der Waals surface area contributed by atoms with E-state index in [4.69, 9.17) is 5.26 Å². The molecule has 0 aliphatic rings. The molecule has 1 rings (SSSR count). The Balaban J connectivity index is 0.00000625. The number of nitriles is 1. The molecular formula is C18H27FIN5O. The lowest BCUT2D eigenvalue weighted by molar-refractivity contribution is -0.130. The van der Waals surface area contributed by atoms with E-state index in [1.165, 1.54) is 18.2 Å². The summed E-state index contributed by atoms with van der Waals surface area (Å²) in [6.45, 7) is 8.42. The molecule has 0 spiro atoms. The van der Waals surface area contributed by atoms with E-state index in [0.717, 1.165) is 0 Å². The number of rotatable bonds is 8. The summed E-state index contributed by atoms with van der Waals surface area (Å²) in [5, 5.41) is 15.0. The first-order chi connectivity index (χ1) is 12.0. The number of aliphatic imine (C=N–C) groups is 1. The lowest BCUT2D eigenvalue weighted by Gasteiger charge is -2.19. The topological polar surface area (TPSA) is 80.5 Å². The molecule has 0 atom stereocenters. The molecule has 0 aromatic heterocycles. The van der Waals surface area contributed by atoms with Crippen LogP contribution >= 0.6 is 24.0 Å². The van der Waals surface area contributed by atoms with Crippen LogP contribution in [0.3, 0.4) is 0 Å². The van der Waals surface area contributed by atoms with Gasteiger partial charge >= 0.3 is 0 Å². The highest BCUT2D eigenvalue weighted by molar-refractivity contribution is 14.0. The van der Waals surface area contributed by atoms with E-state index >= 15 is 0 Å². The molecule has 0 aliphatic carbocycles. The number of guanidine groups is 1. The van der Waals surface area contributed by atoms with Crippen LogP contribution in [0.4, 0.5) is 4.39 Å². The Hall–Kier alpha value is -1.89. The zero-order valence-corrected chi connectivity index (χ0v) is 17.8. The lowest BCUT2D eigenvalue weighted by atomic mass is 10.1. The van der Waals surface area contributed by atoms with Gasteiger partial charge in [-0.2, -0.15) is 5.26 Å². The zero-order chi connectivity index (χ0) is 18.7. The van der Waals surface area contributed by atoms with Gasteiger partial charge < -0.3 is 15.5 Å². The fraction of sp³-hybridized carbons (Fsp3) is 0.500. The van der Waals surface area contributed by atoms with Gasteiger partial charge in [0.2, 0.25) is 5.91 Å². The highest BCUT2D eigenvalue weighted by Crippen LogP contribution is 2.11. The number of nitrogens with one attached hydrogen (secondary N) is 2. The molecule has 144 valence electrons. The van der Waals surface area contributed by atoms with Crippen molar-refractivity contribution in [3.63, 3.8) is 0 Å². The summed E-state index contributed by atoms with van der Waals surface area (Å²) in [6.07, 6.45) is 0.365. The van der Waals surface area contributed by atoms with Crippen LogP contribution < -0.4 is 10.6 Å². The molecule has 0 saturated heterocycles. The second-order valence-electron chi connectivity index (χ2n) is 5.36. The third kappa shape index (κ3) is 7.99. The van der Waals surface area contributed by atoms with Crippen molar-refractivity contribution >= 4 is 35.8 Å². The molecule has 0 unspecified atom stereocenters. The molecule has 1 aromatic carbocycles. The van der Waals surface area contributed by atoms with Crippen molar-refractivity contribution < 1.29 is 9.18 Å². The van der Waals surface area contributed by atoms with Gasteiger partial charge in [0.05, 0.1) is 18.2 Å². The van der Waals surface area contributed by atoms with Crippen molar-refractivity contribution in [2.75, 3.05) is 26.2 Å². The predicted molar refractivity (Wildman–Crippen MR) is 112 cm³/mol. The van der Waals surface area contributed by atoms with Crippen molar-refractivity contribution in [1.82, 2.24) is 15.5 Å². The standard InChI is InChI=1S/C18H26FN5O.HI/c1-4-21-18(22-10-9-17(25)24(5-2)6-3)23-13-15-11-14(12-20)7-8-16(15)19;/h7-8,11H,4-6,9-10,13H2,1-3H3,(H2,21,22,23);1H. The average molecular weight is 475 g/mol. The highest BCUT2D eigenvalue weighted by Gasteiger charge is 2.09. The third-order valence-electron chi connectivity index (χ3n) is 3.67. The van der Waals surface area contributed by atoms with Crippen LogP contribution in [0.15, 0.2) is 23.2 Å². The number of nitrogens with zero attached hydrogens (tertiary/aromatic N) is 3. The predicted octanol–water partition coefficient (Wildman–Crippen LogP) is 2.63. The molecule has 0 bridgehead atoms. The van der Waals surface area contributed by atoms with Crippen molar-refractivity contribution in [3.05, 3.63) is 35.1 Å². The van der Waals surface area contributed by atoms with E-state index in [-0.39, 0.29) is 36.4 Å². The molecule has 0 radical (unpaired) electrons. The van der Waals surface area contributed by atoms with E-state index in [0.29, 0.717) is 49.7 Å². The Kier molecular flexibility index (Phi) is 12.4. The first-order valence-corrected chi connectivity index (χ1v) is 8.54. The van der Waals surface area contributed by atoms with Crippen molar-refractivity contribution in [2.45, 2.75) is 33.7 Å². The number of carbonyl (C=O) groups is 1. The van der Waals surface area contributed by atoms with Gasteiger partial charge in [-0.15, -0.1) is 24.0 Å². The van der Waals surface area contributed by atoms with Gasteiger partial charge in [-0.25, -0.2) is 9.38 Å². The Morgan fingerprint density at radius 1 is 1.27 bits per heavy atom. The van der Waals surface area contributed by atoms with E-state index in [9.17, 15) is 9.18 Å². The molecular weight excluding hydrogens is 448 g/mol. The molecule has 0 fully saturated rings. The number of hydrogen-bond donors (Lipinski definition) is 2. The van der Waals surface area contributed by atoms with Gasteiger partial charge in [0.1, 0.15) is 5.82 Å². The van der Waals surface area contributed by atoms with Crippen LogP contribution in [-0.4, -0.2) is 42.9 Å². The van der Waals surface area contributed by atoms with Gasteiger partial charge in [0, 0.05) is 38.2 Å². The number of carbonyl (C=O) groups excluding carboxylic acids is 1. The van der Waals surface area contributed by atoms with Crippen LogP contribution in [0.5, 0.6) is 0 Å². The first kappa shape index (κ1) is 24.1. The Labute approximate surface area is 171 Å². The summed E-state index contributed by atoms with van der Waals surface area (Å²) in [4.78, 5) is 18.1. The maximum absolute atomic E-state index is 13.8. The fourth-order valence-corrected chi connectivity index (χ4v) is 2.29. The number of hydrogen-bond acceptors (Lipinski definition) is 3. The average Bonchev–Trinajstić information content (AvgIpc) is 2.61. The van der Waals surface area contributed by atoms with Crippen LogP contribution in [0.25, 0.3) is 0 Å². The van der Waals surface area contributed by atoms with Crippen LogP contribution in [0, 0.1) is 17.1 Å². The van der Waals surface area contributed by atoms with Crippen LogP contribution in [-0.2, 0) is 11.3 Å². The van der Waals surface area contributed by atoms with E-state index < -0.39 is 5.82 Å². The summed E-state index contributed by atoms with van der Waals surface area (Å²) < 4.78 is 13.8. The van der Waals surface area contributed by atoms with E-state index in [2.05, 4.69) is 15.6 Å². The molecule has 1 amide bonds. The molecule has 0 aliphatic heterocycles. The normalized spacial score (nSPS) is 10.5. The van der Waals surface area contributed by atoms with Crippen molar-refractivity contribution in [1.29, 1.82) is 5.26 Å². The minimum absolute atomic E-state index is 0. The molecule has 26 heavy (non-hydrogen) atoms. The third-order valence-corrected chi connectivity index (χ3v) is 3.67. The summed E-state index contributed by atoms with van der Waals surface area (Å²) in [5.41, 5.74) is 0.754. The monoisotopic (exact) mass is 475 g/mol. The summed E-state index contributed by atoms with van der Waals surface area (Å²) in [5.74, 6) is 0.202. The summed E-state index contributed by atoms with van der Waals surface area (Å²) >= 11 is 0. The van der Waals surface area contributed by atoms with Crippen molar-refractivity contribution in [2.24, 2.45) is 4.99 Å². The number of benzene rings is 1. The quantitative estimate of drug-likeness (QED) is 0.344.